The van der Waals surface area contributed by atoms with Crippen molar-refractivity contribution in [3.05, 3.63) is 42.4 Å². The number of halogens is 3. The number of hydrogen-bond donors (Lipinski definition) is 3. The molecular weight excluding hydrogens is 423 g/mol. The summed E-state index contributed by atoms with van der Waals surface area (Å²) in [6.45, 7) is -0.134. The van der Waals surface area contributed by atoms with Crippen LogP contribution >= 0.6 is 0 Å². The van der Waals surface area contributed by atoms with Crippen molar-refractivity contribution >= 4 is 10.9 Å². The second kappa shape index (κ2) is 7.79. The topological polar surface area (TPSA) is 107 Å². The van der Waals surface area contributed by atoms with Crippen LogP contribution in [0.1, 0.15) is 18.2 Å². The maximum absolute atomic E-state index is 12.7. The number of nitrogens with one attached hydrogen (secondary N) is 3. The fraction of sp³-hybridized carbons (Fsp3) is 0.400. The monoisotopic (exact) mass is 443 g/mol. The fourth-order valence-corrected chi connectivity index (χ4v) is 4.34. The third kappa shape index (κ3) is 3.80. The van der Waals surface area contributed by atoms with Gasteiger partial charge in [-0.1, -0.05) is 0 Å². The minimum Gasteiger partial charge on any atom is -0.290 e. The highest BCUT2D eigenvalue weighted by Crippen LogP contribution is 2.35. The van der Waals surface area contributed by atoms with Gasteiger partial charge in [-0.2, -0.15) is 29.1 Å². The molecule has 5 rings (SSSR count). The summed E-state index contributed by atoms with van der Waals surface area (Å²) >= 11 is 0. The van der Waals surface area contributed by atoms with E-state index in [1.165, 1.54) is 4.90 Å². The predicted octanol–water partition coefficient (Wildman–Crippen LogP) is 1.63. The normalized spacial score (nSPS) is 20.9. The van der Waals surface area contributed by atoms with Crippen LogP contribution in [0.4, 0.5) is 13.2 Å². The van der Waals surface area contributed by atoms with Crippen molar-refractivity contribution in [1.29, 1.82) is 5.26 Å². The maximum atomic E-state index is 12.7. The molecule has 3 aromatic heterocycles. The van der Waals surface area contributed by atoms with Crippen LogP contribution in [0.2, 0.25) is 0 Å². The molecule has 0 radical (unpaired) electrons. The molecule has 5 heterocycles. The van der Waals surface area contributed by atoms with Gasteiger partial charge in [-0.3, -0.25) is 14.6 Å². The quantitative estimate of drug-likeness (QED) is 0.547. The van der Waals surface area contributed by atoms with Gasteiger partial charge in [0.15, 0.2) is 0 Å². The zero-order chi connectivity index (χ0) is 22.3. The molecule has 1 atom stereocenters. The molecule has 3 aromatic rings. The van der Waals surface area contributed by atoms with Crippen LogP contribution in [-0.4, -0.2) is 57.0 Å². The average Bonchev–Trinajstić information content (AvgIpc) is 3.43. The van der Waals surface area contributed by atoms with Crippen LogP contribution in [0.3, 0.4) is 0 Å². The summed E-state index contributed by atoms with van der Waals surface area (Å²) < 4.78 is 39.9. The fourth-order valence-electron chi connectivity index (χ4n) is 4.34. The second-order valence-electron chi connectivity index (χ2n) is 8.13. The Bertz CT molecular complexity index is 1170. The van der Waals surface area contributed by atoms with Gasteiger partial charge in [-0.05, 0) is 24.3 Å². The minimum absolute atomic E-state index is 0.0604. The highest BCUT2D eigenvalue weighted by Gasteiger charge is 2.48. The number of alkyl halides is 3. The van der Waals surface area contributed by atoms with Gasteiger partial charge in [0.2, 0.25) is 0 Å². The molecule has 0 aliphatic carbocycles. The highest BCUT2D eigenvalue weighted by atomic mass is 19.4. The number of nitrogens with zero attached hydrogens (tertiary/aromatic N) is 6. The zero-order valence-electron chi connectivity index (χ0n) is 16.9. The third-order valence-corrected chi connectivity index (χ3v) is 5.78. The summed E-state index contributed by atoms with van der Waals surface area (Å²) in [6, 6.07) is 9.46. The molecule has 2 saturated heterocycles. The smallest absolute Gasteiger partial charge is 0.290 e. The molecule has 9 nitrogen and oxygen atoms in total. The van der Waals surface area contributed by atoms with Crippen molar-refractivity contribution in [2.75, 3.05) is 26.2 Å². The second-order valence-corrected chi connectivity index (χ2v) is 8.13. The summed E-state index contributed by atoms with van der Waals surface area (Å²) in [5.74, 6) is 0. The number of pyridine rings is 2. The van der Waals surface area contributed by atoms with E-state index >= 15 is 0 Å². The van der Waals surface area contributed by atoms with E-state index in [0.717, 1.165) is 16.6 Å². The highest BCUT2D eigenvalue weighted by molar-refractivity contribution is 5.91. The van der Waals surface area contributed by atoms with Gasteiger partial charge in [-0.15, -0.1) is 0 Å². The average molecular weight is 443 g/mol. The Labute approximate surface area is 181 Å². The Hall–Kier alpha value is -3.11. The first-order valence-electron chi connectivity index (χ1n) is 10.1. The molecule has 2 fully saturated rings. The lowest BCUT2D eigenvalue weighted by molar-refractivity contribution is -0.167. The van der Waals surface area contributed by atoms with Crippen LogP contribution in [-0.2, 0) is 5.54 Å². The van der Waals surface area contributed by atoms with Crippen LogP contribution in [0, 0.1) is 11.3 Å². The minimum atomic E-state index is -4.28. The summed E-state index contributed by atoms with van der Waals surface area (Å²) in [4.78, 5) is 10.6. The SMILES string of the molecule is N#CCC1(n2ccc(-c3nc(C4CNNN4)cc4ncccc34)n2)CN(CC(F)(F)F)C1. The molecule has 2 aliphatic rings. The molecule has 0 bridgehead atoms. The molecule has 32 heavy (non-hydrogen) atoms. The van der Waals surface area contributed by atoms with Gasteiger partial charge < -0.3 is 0 Å². The molecule has 12 heteroatoms. The first-order chi connectivity index (χ1) is 15.4. The van der Waals surface area contributed by atoms with Crippen LogP contribution in [0.15, 0.2) is 36.7 Å². The summed E-state index contributed by atoms with van der Waals surface area (Å²) in [7, 11) is 0. The molecule has 3 N–H and O–H groups in total. The van der Waals surface area contributed by atoms with Gasteiger partial charge in [-0.25, -0.2) is 15.8 Å². The lowest BCUT2D eigenvalue weighted by Crippen LogP contribution is -2.64. The van der Waals surface area contributed by atoms with E-state index in [1.807, 2.05) is 18.2 Å². The van der Waals surface area contributed by atoms with Crippen molar-refractivity contribution in [3.63, 3.8) is 0 Å². The Morgan fingerprint density at radius 2 is 2.12 bits per heavy atom. The van der Waals surface area contributed by atoms with Crippen molar-refractivity contribution in [1.82, 2.24) is 41.0 Å². The van der Waals surface area contributed by atoms with Gasteiger partial charge >= 0.3 is 6.18 Å². The van der Waals surface area contributed by atoms with E-state index in [4.69, 9.17) is 4.98 Å². The van der Waals surface area contributed by atoms with Gasteiger partial charge in [0.1, 0.15) is 16.9 Å². The van der Waals surface area contributed by atoms with E-state index in [-0.39, 0.29) is 25.6 Å². The van der Waals surface area contributed by atoms with Crippen LogP contribution < -0.4 is 16.4 Å². The van der Waals surface area contributed by atoms with E-state index in [9.17, 15) is 18.4 Å². The Kier molecular flexibility index (Phi) is 5.06. The molecule has 0 spiro atoms. The molecule has 0 amide bonds. The standard InChI is InChI=1S/C20H20F3N9/c21-20(22,23)12-31-10-19(11-31,4-5-24)32-7-3-14(29-32)18-13-2-1-6-25-15(13)8-16(27-18)17-9-26-30-28-17/h1-3,6-8,17,26,28,30H,4,9-12H2. The zero-order valence-corrected chi connectivity index (χ0v) is 16.9. The van der Waals surface area contributed by atoms with Gasteiger partial charge in [0, 0.05) is 37.4 Å². The number of hydrogen-bond acceptors (Lipinski definition) is 8. The number of aromatic nitrogens is 4. The lowest BCUT2D eigenvalue weighted by Gasteiger charge is -2.49. The predicted molar refractivity (Wildman–Crippen MR) is 108 cm³/mol. The van der Waals surface area contributed by atoms with E-state index in [1.54, 1.807) is 23.1 Å². The van der Waals surface area contributed by atoms with Crippen molar-refractivity contribution in [3.8, 4) is 17.5 Å². The third-order valence-electron chi connectivity index (χ3n) is 5.78. The van der Waals surface area contributed by atoms with E-state index in [2.05, 4.69) is 32.5 Å². The number of hydrazine groups is 2. The number of likely N-dealkylation sites (tertiary alicyclic amines) is 1. The Morgan fingerprint density at radius 1 is 1.28 bits per heavy atom. The van der Waals surface area contributed by atoms with Crippen LogP contribution in [0.25, 0.3) is 22.3 Å². The van der Waals surface area contributed by atoms with E-state index < -0.39 is 18.3 Å². The molecule has 1 unspecified atom stereocenters. The number of rotatable bonds is 5. The van der Waals surface area contributed by atoms with Gasteiger partial charge in [0.05, 0.1) is 36.3 Å². The maximum Gasteiger partial charge on any atom is 0.401 e. The Balaban J connectivity index is 1.49. The van der Waals surface area contributed by atoms with Crippen molar-refractivity contribution in [2.45, 2.75) is 24.2 Å². The molecule has 0 aromatic carbocycles. The molecule has 0 saturated carbocycles. The largest absolute Gasteiger partial charge is 0.401 e. The number of nitriles is 1. The van der Waals surface area contributed by atoms with Gasteiger partial charge in [0.25, 0.3) is 0 Å². The summed E-state index contributed by atoms with van der Waals surface area (Å²) in [6.07, 6.45) is -0.784. The first kappa shape index (κ1) is 20.8. The van der Waals surface area contributed by atoms with E-state index in [0.29, 0.717) is 17.9 Å². The summed E-state index contributed by atoms with van der Waals surface area (Å²) in [5, 5.41) is 14.8. The molecular formula is C20H20F3N9. The lowest BCUT2D eigenvalue weighted by atomic mass is 9.87. The van der Waals surface area contributed by atoms with Crippen LogP contribution in [0.5, 0.6) is 0 Å². The van der Waals surface area contributed by atoms with Crippen molar-refractivity contribution < 1.29 is 13.2 Å². The molecule has 166 valence electrons. The molecule has 2 aliphatic heterocycles. The number of fused-ring (bicyclic) bond motifs is 1. The first-order valence-corrected chi connectivity index (χ1v) is 10.1. The van der Waals surface area contributed by atoms with Crippen molar-refractivity contribution in [2.24, 2.45) is 0 Å². The summed E-state index contributed by atoms with van der Waals surface area (Å²) in [5.41, 5.74) is 10.9. The Morgan fingerprint density at radius 3 is 2.84 bits per heavy atom.